The first kappa shape index (κ1) is 26.5. The Morgan fingerprint density at radius 3 is 2.22 bits per heavy atom. The van der Waals surface area contributed by atoms with Crippen molar-refractivity contribution in [3.05, 3.63) is 18.2 Å². The van der Waals surface area contributed by atoms with Crippen LogP contribution in [0, 0.1) is 0 Å². The van der Waals surface area contributed by atoms with Crippen molar-refractivity contribution >= 4 is 29.7 Å². The van der Waals surface area contributed by atoms with Gasteiger partial charge in [-0.3, -0.25) is 19.2 Å². The van der Waals surface area contributed by atoms with Gasteiger partial charge in [-0.15, -0.1) is 0 Å². The third kappa shape index (κ3) is 8.69. The molecule has 5 atom stereocenters. The van der Waals surface area contributed by atoms with Gasteiger partial charge < -0.3 is 42.0 Å². The number of nitrogens with zero attached hydrogens (tertiary/aromatic N) is 1. The lowest BCUT2D eigenvalue weighted by Crippen LogP contribution is -2.59. The smallest absolute Gasteiger partial charge is 0.326 e. The Bertz CT molecular complexity index is 812. The van der Waals surface area contributed by atoms with Crippen LogP contribution in [0.3, 0.4) is 0 Å². The van der Waals surface area contributed by atoms with E-state index in [0.717, 1.165) is 0 Å². The Kier molecular flexibility index (Phi) is 10.2. The molecular formula is C18H28N6O8. The van der Waals surface area contributed by atoms with Gasteiger partial charge in [0.15, 0.2) is 0 Å². The molecule has 32 heavy (non-hydrogen) atoms. The first-order valence-electron chi connectivity index (χ1n) is 9.69. The molecule has 0 aromatic carbocycles. The van der Waals surface area contributed by atoms with E-state index in [1.54, 1.807) is 0 Å². The van der Waals surface area contributed by atoms with Crippen LogP contribution < -0.4 is 21.7 Å². The molecule has 0 spiro atoms. The molecule has 3 amide bonds. The highest BCUT2D eigenvalue weighted by Gasteiger charge is 2.31. The molecule has 1 rings (SSSR count). The molecule has 9 N–H and O–H groups in total. The molecule has 0 radical (unpaired) electrons. The predicted molar refractivity (Wildman–Crippen MR) is 108 cm³/mol. The zero-order valence-electron chi connectivity index (χ0n) is 17.6. The lowest BCUT2D eigenvalue weighted by molar-refractivity contribution is -0.142. The zero-order chi connectivity index (χ0) is 24.4. The van der Waals surface area contributed by atoms with Gasteiger partial charge in [-0.25, -0.2) is 9.78 Å². The number of aliphatic hydroxyl groups is 1. The van der Waals surface area contributed by atoms with Gasteiger partial charge in [-0.2, -0.15) is 0 Å². The molecule has 1 aromatic heterocycles. The number of nitrogens with two attached hydrogens (primary N) is 1. The Hall–Kier alpha value is -3.52. The second kappa shape index (κ2) is 12.4. The number of aromatic nitrogens is 2. The normalized spacial score (nSPS) is 15.5. The molecule has 178 valence electrons. The van der Waals surface area contributed by atoms with Gasteiger partial charge in [-0.05, 0) is 20.3 Å². The first-order valence-corrected chi connectivity index (χ1v) is 9.69. The van der Waals surface area contributed by atoms with Gasteiger partial charge in [0.25, 0.3) is 0 Å². The Labute approximate surface area is 183 Å². The first-order chi connectivity index (χ1) is 14.9. The van der Waals surface area contributed by atoms with E-state index in [-0.39, 0.29) is 19.3 Å². The van der Waals surface area contributed by atoms with E-state index in [2.05, 4.69) is 25.9 Å². The summed E-state index contributed by atoms with van der Waals surface area (Å²) in [6.07, 6.45) is 0.791. The minimum Gasteiger partial charge on any atom is -0.481 e. The van der Waals surface area contributed by atoms with E-state index in [0.29, 0.717) is 5.69 Å². The van der Waals surface area contributed by atoms with Crippen LogP contribution in [0.1, 0.15) is 32.4 Å². The third-order valence-electron chi connectivity index (χ3n) is 4.41. The summed E-state index contributed by atoms with van der Waals surface area (Å²) in [4.78, 5) is 65.4. The van der Waals surface area contributed by atoms with Crippen molar-refractivity contribution in [3.63, 3.8) is 0 Å². The number of hydrogen-bond acceptors (Lipinski definition) is 8. The number of aliphatic hydroxyl groups excluding tert-OH is 1. The second-order valence-corrected chi connectivity index (χ2v) is 7.18. The Morgan fingerprint density at radius 1 is 1.06 bits per heavy atom. The van der Waals surface area contributed by atoms with Crippen LogP contribution >= 0.6 is 0 Å². The summed E-state index contributed by atoms with van der Waals surface area (Å²) >= 11 is 0. The van der Waals surface area contributed by atoms with Gasteiger partial charge in [0.05, 0.1) is 18.5 Å². The van der Waals surface area contributed by atoms with Gasteiger partial charge in [-0.1, -0.05) is 0 Å². The molecule has 0 aliphatic heterocycles. The standard InChI is InChI=1S/C18H28N6O8/c1-8(15(28)23-12(18(31)32)5-10-6-20-7-21-10)22-17(30)14(9(2)25)24-16(29)11(19)3-4-13(26)27/h6-9,11-12,14,25H,3-5,19H2,1-2H3,(H,20,21)(H,22,30)(H,23,28)(H,24,29)(H,26,27)(H,31,32). The van der Waals surface area contributed by atoms with E-state index in [1.165, 1.54) is 26.4 Å². The Morgan fingerprint density at radius 2 is 1.72 bits per heavy atom. The van der Waals surface area contributed by atoms with E-state index in [1.807, 2.05) is 0 Å². The van der Waals surface area contributed by atoms with Crippen molar-refractivity contribution in [1.82, 2.24) is 25.9 Å². The molecule has 5 unspecified atom stereocenters. The van der Waals surface area contributed by atoms with Crippen LogP contribution in [0.2, 0.25) is 0 Å². The summed E-state index contributed by atoms with van der Waals surface area (Å²) in [5, 5.41) is 34.6. The number of aliphatic carboxylic acids is 2. The summed E-state index contributed by atoms with van der Waals surface area (Å²) in [5.41, 5.74) is 6.06. The van der Waals surface area contributed by atoms with Crippen molar-refractivity contribution in [1.29, 1.82) is 0 Å². The molecule has 0 fully saturated rings. The van der Waals surface area contributed by atoms with Crippen LogP contribution in [0.4, 0.5) is 0 Å². The number of amides is 3. The maximum atomic E-state index is 12.5. The summed E-state index contributed by atoms with van der Waals surface area (Å²) in [5.74, 6) is -5.02. The molecule has 14 nitrogen and oxygen atoms in total. The van der Waals surface area contributed by atoms with Gasteiger partial charge >= 0.3 is 11.9 Å². The predicted octanol–water partition coefficient (Wildman–Crippen LogP) is -2.92. The van der Waals surface area contributed by atoms with E-state index >= 15 is 0 Å². The zero-order valence-corrected chi connectivity index (χ0v) is 17.6. The molecule has 0 saturated heterocycles. The number of rotatable bonds is 13. The highest BCUT2D eigenvalue weighted by atomic mass is 16.4. The van der Waals surface area contributed by atoms with Crippen molar-refractivity contribution in [3.8, 4) is 0 Å². The monoisotopic (exact) mass is 456 g/mol. The Balaban J connectivity index is 2.70. The van der Waals surface area contributed by atoms with Crippen molar-refractivity contribution in [2.24, 2.45) is 5.73 Å². The molecule has 14 heteroatoms. The van der Waals surface area contributed by atoms with Crippen LogP contribution in [0.15, 0.2) is 12.5 Å². The molecule has 1 heterocycles. The number of carboxylic acids is 2. The SMILES string of the molecule is CC(NC(=O)C(NC(=O)C(N)CCC(=O)O)C(C)O)C(=O)NC(Cc1cnc[nH]1)C(=O)O. The fourth-order valence-electron chi connectivity index (χ4n) is 2.56. The summed E-state index contributed by atoms with van der Waals surface area (Å²) in [6, 6.07) is -5.19. The van der Waals surface area contributed by atoms with Crippen LogP contribution in [0.25, 0.3) is 0 Å². The van der Waals surface area contributed by atoms with E-state index in [9.17, 15) is 34.2 Å². The van der Waals surface area contributed by atoms with Crippen LogP contribution in [-0.2, 0) is 30.4 Å². The minimum absolute atomic E-state index is 0.0671. The average Bonchev–Trinajstić information content (AvgIpc) is 3.21. The quantitative estimate of drug-likeness (QED) is 0.150. The van der Waals surface area contributed by atoms with Crippen molar-refractivity contribution in [2.75, 3.05) is 0 Å². The van der Waals surface area contributed by atoms with Crippen molar-refractivity contribution < 1.29 is 39.3 Å². The third-order valence-corrected chi connectivity index (χ3v) is 4.41. The minimum atomic E-state index is -1.48. The lowest BCUT2D eigenvalue weighted by Gasteiger charge is -2.25. The summed E-state index contributed by atoms with van der Waals surface area (Å²) in [6.45, 7) is 2.52. The van der Waals surface area contributed by atoms with Gasteiger partial charge in [0.1, 0.15) is 18.1 Å². The number of nitrogens with one attached hydrogen (secondary N) is 4. The number of H-pyrrole nitrogens is 1. The van der Waals surface area contributed by atoms with Crippen LogP contribution in [0.5, 0.6) is 0 Å². The average molecular weight is 456 g/mol. The van der Waals surface area contributed by atoms with Crippen molar-refractivity contribution in [2.45, 2.75) is 63.4 Å². The highest BCUT2D eigenvalue weighted by molar-refractivity contribution is 5.94. The topological polar surface area (TPSA) is 237 Å². The number of carbonyl (C=O) groups is 5. The maximum Gasteiger partial charge on any atom is 0.326 e. The summed E-state index contributed by atoms with van der Waals surface area (Å²) in [7, 11) is 0. The number of carboxylic acid groups (broad SMARTS) is 2. The highest BCUT2D eigenvalue weighted by Crippen LogP contribution is 2.02. The van der Waals surface area contributed by atoms with E-state index < -0.39 is 59.9 Å². The van der Waals surface area contributed by atoms with Gasteiger partial charge in [0, 0.05) is 24.7 Å². The number of hydrogen-bond donors (Lipinski definition) is 8. The van der Waals surface area contributed by atoms with Crippen LogP contribution in [-0.4, -0.2) is 85.2 Å². The molecular weight excluding hydrogens is 428 g/mol. The fourth-order valence-corrected chi connectivity index (χ4v) is 2.56. The molecule has 0 aliphatic carbocycles. The number of carbonyl (C=O) groups excluding carboxylic acids is 3. The fraction of sp³-hybridized carbons (Fsp3) is 0.556. The lowest BCUT2D eigenvalue weighted by atomic mass is 10.1. The summed E-state index contributed by atoms with van der Waals surface area (Å²) < 4.78 is 0. The number of aromatic amines is 1. The largest absolute Gasteiger partial charge is 0.481 e. The number of imidazole rings is 1. The molecule has 0 saturated carbocycles. The molecule has 1 aromatic rings. The van der Waals surface area contributed by atoms with E-state index in [4.69, 9.17) is 10.8 Å². The molecule has 0 aliphatic rings. The maximum absolute atomic E-state index is 12.5. The second-order valence-electron chi connectivity index (χ2n) is 7.18. The molecule has 0 bridgehead atoms. The van der Waals surface area contributed by atoms with Gasteiger partial charge in [0.2, 0.25) is 17.7 Å².